The molecular formula is C25H19N5O3. The lowest BCUT2D eigenvalue weighted by molar-refractivity contribution is -0.384. The fourth-order valence-corrected chi connectivity index (χ4v) is 5.88. The molecule has 7 rings (SSSR count). The number of aromatic nitrogens is 1. The number of benzene rings is 3. The average Bonchev–Trinajstić information content (AvgIpc) is 3.34. The van der Waals surface area contributed by atoms with Gasteiger partial charge in [-0.1, -0.05) is 30.3 Å². The number of nitro groups is 1. The van der Waals surface area contributed by atoms with Gasteiger partial charge in [0.1, 0.15) is 6.04 Å². The van der Waals surface area contributed by atoms with Crippen LogP contribution in [0.2, 0.25) is 0 Å². The minimum Gasteiger partial charge on any atom is -0.364 e. The number of amides is 1. The smallest absolute Gasteiger partial charge is 0.269 e. The molecule has 1 aromatic heterocycles. The normalized spacial score (nSPS) is 22.2. The highest BCUT2D eigenvalue weighted by Crippen LogP contribution is 2.57. The molecule has 33 heavy (non-hydrogen) atoms. The van der Waals surface area contributed by atoms with Crippen molar-refractivity contribution >= 4 is 39.6 Å². The van der Waals surface area contributed by atoms with Crippen molar-refractivity contribution < 1.29 is 9.72 Å². The number of rotatable bonds is 1. The minimum absolute atomic E-state index is 0.0375. The van der Waals surface area contributed by atoms with Crippen LogP contribution in [0.3, 0.4) is 0 Å². The number of carbonyl (C=O) groups is 1. The topological polar surface area (TPSA) is 103 Å². The van der Waals surface area contributed by atoms with Gasteiger partial charge in [-0.15, -0.1) is 0 Å². The molecule has 0 saturated heterocycles. The van der Waals surface area contributed by atoms with Crippen molar-refractivity contribution in [2.45, 2.75) is 18.0 Å². The Morgan fingerprint density at radius 1 is 1.03 bits per heavy atom. The summed E-state index contributed by atoms with van der Waals surface area (Å²) < 4.78 is 0. The predicted octanol–water partition coefficient (Wildman–Crippen LogP) is 4.45. The van der Waals surface area contributed by atoms with Gasteiger partial charge in [0.15, 0.2) is 5.54 Å². The van der Waals surface area contributed by atoms with Crippen molar-refractivity contribution in [3.05, 3.63) is 93.7 Å². The zero-order valence-electron chi connectivity index (χ0n) is 17.5. The maximum Gasteiger partial charge on any atom is 0.269 e. The molecule has 3 aliphatic rings. The van der Waals surface area contributed by atoms with Crippen molar-refractivity contribution in [3.63, 3.8) is 0 Å². The Morgan fingerprint density at radius 3 is 2.73 bits per heavy atom. The van der Waals surface area contributed by atoms with Crippen LogP contribution in [0.15, 0.2) is 66.7 Å². The number of nitrogens with one attached hydrogen (secondary N) is 3. The van der Waals surface area contributed by atoms with Gasteiger partial charge in [0.05, 0.1) is 16.3 Å². The molecule has 8 heteroatoms. The summed E-state index contributed by atoms with van der Waals surface area (Å²) >= 11 is 0. The second kappa shape index (κ2) is 6.13. The highest BCUT2D eigenvalue weighted by molar-refractivity contribution is 6.10. The lowest BCUT2D eigenvalue weighted by Gasteiger charge is -2.51. The molecule has 1 amide bonds. The van der Waals surface area contributed by atoms with Crippen LogP contribution in [-0.4, -0.2) is 22.4 Å². The van der Waals surface area contributed by atoms with Crippen LogP contribution < -0.4 is 15.5 Å². The maximum atomic E-state index is 13.8. The lowest BCUT2D eigenvalue weighted by atomic mass is 9.75. The third-order valence-electron chi connectivity index (χ3n) is 7.24. The Kier molecular flexibility index (Phi) is 3.39. The third kappa shape index (κ3) is 2.22. The van der Waals surface area contributed by atoms with E-state index in [1.165, 1.54) is 17.7 Å². The van der Waals surface area contributed by atoms with Crippen molar-refractivity contribution in [3.8, 4) is 0 Å². The first-order valence-electron chi connectivity index (χ1n) is 10.9. The van der Waals surface area contributed by atoms with Gasteiger partial charge in [0.25, 0.3) is 11.6 Å². The Hall–Kier alpha value is -4.33. The largest absolute Gasteiger partial charge is 0.364 e. The van der Waals surface area contributed by atoms with Crippen LogP contribution in [0.5, 0.6) is 0 Å². The summed E-state index contributed by atoms with van der Waals surface area (Å²) in [5.41, 5.74) is 4.98. The number of carbonyl (C=O) groups excluding carboxylic acids is 1. The molecule has 8 nitrogen and oxygen atoms in total. The minimum atomic E-state index is -1.22. The van der Waals surface area contributed by atoms with Crippen LogP contribution in [0.1, 0.15) is 22.9 Å². The fraction of sp³-hybridized carbons (Fsp3) is 0.160. The summed E-state index contributed by atoms with van der Waals surface area (Å²) in [6.45, 7) is 0.734. The fourth-order valence-electron chi connectivity index (χ4n) is 5.88. The van der Waals surface area contributed by atoms with Gasteiger partial charge in [-0.3, -0.25) is 14.9 Å². The van der Waals surface area contributed by atoms with Crippen LogP contribution in [0.25, 0.3) is 10.9 Å². The number of hydrogen-bond acceptors (Lipinski definition) is 5. The highest BCUT2D eigenvalue weighted by Gasteiger charge is 2.60. The molecule has 0 saturated carbocycles. The summed E-state index contributed by atoms with van der Waals surface area (Å²) in [5.74, 6) is -0.214. The number of non-ortho nitro benzene ring substituents is 1. The number of H-pyrrole nitrogens is 1. The van der Waals surface area contributed by atoms with E-state index in [2.05, 4.69) is 32.7 Å². The van der Waals surface area contributed by atoms with E-state index in [9.17, 15) is 14.9 Å². The second-order valence-corrected chi connectivity index (χ2v) is 8.80. The Bertz CT molecular complexity index is 1510. The first-order valence-corrected chi connectivity index (χ1v) is 10.9. The standard InChI is InChI=1S/C25H19N5O3/c31-24-25(17-13-14(30(32)33)9-10-19(17)27-24)23-22-16(15-5-1-2-6-18(15)26-22)11-12-29(23)21-8-4-3-7-20(21)28-25/h1-10,13,23,26,28H,11-12H2,(H,27,31). The first-order chi connectivity index (χ1) is 16.1. The van der Waals surface area contributed by atoms with E-state index in [4.69, 9.17) is 0 Å². The molecule has 1 spiro atoms. The molecule has 3 aliphatic heterocycles. The van der Waals surface area contributed by atoms with Crippen LogP contribution in [-0.2, 0) is 16.8 Å². The quantitative estimate of drug-likeness (QED) is 0.301. The van der Waals surface area contributed by atoms with Gasteiger partial charge in [-0.25, -0.2) is 0 Å². The van der Waals surface area contributed by atoms with E-state index >= 15 is 0 Å². The molecule has 0 radical (unpaired) electrons. The highest BCUT2D eigenvalue weighted by atomic mass is 16.6. The number of fused-ring (bicyclic) bond motifs is 10. The summed E-state index contributed by atoms with van der Waals surface area (Å²) in [4.78, 5) is 30.8. The van der Waals surface area contributed by atoms with Gasteiger partial charge in [-0.2, -0.15) is 0 Å². The summed E-state index contributed by atoms with van der Waals surface area (Å²) in [5, 5.41) is 19.3. The van der Waals surface area contributed by atoms with Gasteiger partial charge >= 0.3 is 0 Å². The molecule has 0 fully saturated rings. The van der Waals surface area contributed by atoms with E-state index in [-0.39, 0.29) is 11.6 Å². The predicted molar refractivity (Wildman–Crippen MR) is 126 cm³/mol. The van der Waals surface area contributed by atoms with Crippen LogP contribution in [0, 0.1) is 10.1 Å². The van der Waals surface area contributed by atoms with E-state index < -0.39 is 16.5 Å². The van der Waals surface area contributed by atoms with Crippen molar-refractivity contribution in [1.29, 1.82) is 0 Å². The molecule has 0 bridgehead atoms. The zero-order valence-corrected chi connectivity index (χ0v) is 17.5. The summed E-state index contributed by atoms with van der Waals surface area (Å²) in [6.07, 6.45) is 0.837. The number of aromatic amines is 1. The van der Waals surface area contributed by atoms with Crippen molar-refractivity contribution in [2.24, 2.45) is 0 Å². The number of hydrogen-bond donors (Lipinski definition) is 3. The van der Waals surface area contributed by atoms with Crippen LogP contribution in [0.4, 0.5) is 22.7 Å². The molecule has 3 aromatic carbocycles. The Morgan fingerprint density at radius 2 is 1.85 bits per heavy atom. The molecular weight excluding hydrogens is 418 g/mol. The average molecular weight is 437 g/mol. The Balaban J connectivity index is 1.56. The number of para-hydroxylation sites is 3. The van der Waals surface area contributed by atoms with E-state index in [1.807, 2.05) is 36.4 Å². The van der Waals surface area contributed by atoms with Gasteiger partial charge in [0, 0.05) is 46.5 Å². The second-order valence-electron chi connectivity index (χ2n) is 8.80. The van der Waals surface area contributed by atoms with Gasteiger partial charge in [-0.05, 0) is 36.2 Å². The van der Waals surface area contributed by atoms with E-state index in [0.717, 1.165) is 40.9 Å². The number of nitro benzene ring substituents is 1. The zero-order chi connectivity index (χ0) is 22.3. The Labute approximate surface area is 188 Å². The van der Waals surface area contributed by atoms with Crippen molar-refractivity contribution in [2.75, 3.05) is 22.1 Å². The van der Waals surface area contributed by atoms with Gasteiger partial charge < -0.3 is 20.5 Å². The number of anilines is 3. The monoisotopic (exact) mass is 437 g/mol. The SMILES string of the molecule is O=C1Nc2ccc([N+](=O)[O-])cc2C12Nc1ccccc1N1CCc3c([nH]c4ccccc34)C12. The molecule has 3 N–H and O–H groups in total. The first kappa shape index (κ1) is 18.3. The van der Waals surface area contributed by atoms with E-state index in [0.29, 0.717) is 11.3 Å². The molecule has 0 aliphatic carbocycles. The molecule has 2 unspecified atom stereocenters. The summed E-state index contributed by atoms with van der Waals surface area (Å²) in [7, 11) is 0. The number of nitrogens with zero attached hydrogens (tertiary/aromatic N) is 2. The molecule has 4 aromatic rings. The maximum absolute atomic E-state index is 13.8. The van der Waals surface area contributed by atoms with E-state index in [1.54, 1.807) is 6.07 Å². The third-order valence-corrected chi connectivity index (χ3v) is 7.24. The molecule has 2 atom stereocenters. The lowest BCUT2D eigenvalue weighted by Crippen LogP contribution is -2.58. The van der Waals surface area contributed by atoms with Crippen molar-refractivity contribution in [1.82, 2.24) is 4.98 Å². The summed E-state index contributed by atoms with van der Waals surface area (Å²) in [6, 6.07) is 20.3. The van der Waals surface area contributed by atoms with Gasteiger partial charge in [0.2, 0.25) is 0 Å². The molecule has 4 heterocycles. The van der Waals surface area contributed by atoms with Crippen LogP contribution >= 0.6 is 0 Å². The molecule has 162 valence electrons.